The van der Waals surface area contributed by atoms with E-state index in [1.165, 1.54) is 13.8 Å². The zero-order chi connectivity index (χ0) is 15.2. The molecule has 0 bridgehead atoms. The van der Waals surface area contributed by atoms with Gasteiger partial charge in [-0.2, -0.15) is 0 Å². The van der Waals surface area contributed by atoms with E-state index in [0.29, 0.717) is 0 Å². The van der Waals surface area contributed by atoms with E-state index < -0.39 is 23.7 Å². The second-order valence-electron chi connectivity index (χ2n) is 4.83. The largest absolute Gasteiger partial charge is 0.480 e. The summed E-state index contributed by atoms with van der Waals surface area (Å²) < 4.78 is 0. The Kier molecular flexibility index (Phi) is 5.71. The van der Waals surface area contributed by atoms with Gasteiger partial charge in [0.2, 0.25) is 0 Å². The van der Waals surface area contributed by atoms with Crippen LogP contribution in [0.3, 0.4) is 0 Å². The number of nitrogens with one attached hydrogen (secondary N) is 1. The Morgan fingerprint density at radius 2 is 2.00 bits per heavy atom. The van der Waals surface area contributed by atoms with Crippen molar-refractivity contribution in [3.05, 3.63) is 35.9 Å². The first-order valence-electron chi connectivity index (χ1n) is 6.27. The SMILES string of the molecule is C[C@@H](O)[C@H](NC[C@](C)(O)C#Cc1ccccc1)C(=O)O. The molecular formula is C15H19NO4. The number of aliphatic carboxylic acids is 1. The van der Waals surface area contributed by atoms with E-state index in [0.717, 1.165) is 5.56 Å². The molecule has 0 aliphatic rings. The van der Waals surface area contributed by atoms with E-state index in [4.69, 9.17) is 5.11 Å². The molecule has 0 aliphatic carbocycles. The number of rotatable bonds is 5. The number of hydrogen-bond donors (Lipinski definition) is 4. The Bertz CT molecular complexity index is 500. The van der Waals surface area contributed by atoms with Crippen molar-refractivity contribution in [1.29, 1.82) is 0 Å². The summed E-state index contributed by atoms with van der Waals surface area (Å²) in [6, 6.07) is 8.03. The average Bonchev–Trinajstić information content (AvgIpc) is 2.37. The van der Waals surface area contributed by atoms with Gasteiger partial charge in [0.1, 0.15) is 11.6 Å². The predicted octanol–water partition coefficient (Wildman–Crippen LogP) is 0.213. The molecule has 1 rings (SSSR count). The van der Waals surface area contributed by atoms with E-state index >= 15 is 0 Å². The van der Waals surface area contributed by atoms with Gasteiger partial charge in [0.25, 0.3) is 0 Å². The molecule has 1 aromatic carbocycles. The van der Waals surface area contributed by atoms with E-state index in [-0.39, 0.29) is 6.54 Å². The van der Waals surface area contributed by atoms with Gasteiger partial charge in [-0.15, -0.1) is 0 Å². The van der Waals surface area contributed by atoms with Crippen LogP contribution in [0.4, 0.5) is 0 Å². The van der Waals surface area contributed by atoms with E-state index in [1.807, 2.05) is 30.3 Å². The second kappa shape index (κ2) is 7.06. The fraction of sp³-hybridized carbons (Fsp3) is 0.400. The van der Waals surface area contributed by atoms with Crippen LogP contribution in [-0.2, 0) is 4.79 Å². The van der Waals surface area contributed by atoms with Gasteiger partial charge in [0.15, 0.2) is 0 Å². The molecule has 0 unspecified atom stereocenters. The molecule has 0 saturated heterocycles. The van der Waals surface area contributed by atoms with Crippen molar-refractivity contribution in [2.75, 3.05) is 6.54 Å². The van der Waals surface area contributed by atoms with Crippen LogP contribution in [0.5, 0.6) is 0 Å². The van der Waals surface area contributed by atoms with E-state index in [2.05, 4.69) is 17.2 Å². The molecule has 0 saturated carbocycles. The first-order valence-corrected chi connectivity index (χ1v) is 6.27. The Hall–Kier alpha value is -1.87. The molecule has 0 fully saturated rings. The van der Waals surface area contributed by atoms with Crippen molar-refractivity contribution >= 4 is 5.97 Å². The normalized spacial score (nSPS) is 16.4. The summed E-state index contributed by atoms with van der Waals surface area (Å²) in [5.41, 5.74) is -0.628. The van der Waals surface area contributed by atoms with Crippen LogP contribution in [0.15, 0.2) is 30.3 Å². The molecule has 20 heavy (non-hydrogen) atoms. The van der Waals surface area contributed by atoms with Crippen LogP contribution in [0, 0.1) is 11.8 Å². The van der Waals surface area contributed by atoms with Gasteiger partial charge in [-0.25, -0.2) is 0 Å². The smallest absolute Gasteiger partial charge is 0.323 e. The molecule has 0 aromatic heterocycles. The molecule has 1 aromatic rings. The van der Waals surface area contributed by atoms with Crippen molar-refractivity contribution in [3.63, 3.8) is 0 Å². The summed E-state index contributed by atoms with van der Waals surface area (Å²) in [6.07, 6.45) is -1.06. The van der Waals surface area contributed by atoms with Crippen LogP contribution in [-0.4, -0.2) is 45.6 Å². The molecule has 5 nitrogen and oxygen atoms in total. The molecule has 0 radical (unpaired) electrons. The van der Waals surface area contributed by atoms with Crippen LogP contribution in [0.25, 0.3) is 0 Å². The van der Waals surface area contributed by atoms with Crippen molar-refractivity contribution in [3.8, 4) is 11.8 Å². The maximum absolute atomic E-state index is 10.9. The van der Waals surface area contributed by atoms with Gasteiger partial charge in [-0.05, 0) is 26.0 Å². The molecule has 4 N–H and O–H groups in total. The molecule has 0 heterocycles. The van der Waals surface area contributed by atoms with Gasteiger partial charge in [0, 0.05) is 12.1 Å². The summed E-state index contributed by atoms with van der Waals surface area (Å²) in [5.74, 6) is 4.32. The molecule has 0 amide bonds. The summed E-state index contributed by atoms with van der Waals surface area (Å²) in [6.45, 7) is 2.79. The Balaban J connectivity index is 2.66. The fourth-order valence-electron chi connectivity index (χ4n) is 1.55. The molecule has 5 heteroatoms. The predicted molar refractivity (Wildman–Crippen MR) is 75.1 cm³/mol. The van der Waals surface area contributed by atoms with Gasteiger partial charge in [-0.1, -0.05) is 30.0 Å². The van der Waals surface area contributed by atoms with Gasteiger partial charge in [0.05, 0.1) is 6.10 Å². The minimum Gasteiger partial charge on any atom is -0.480 e. The highest BCUT2D eigenvalue weighted by Gasteiger charge is 2.26. The number of aliphatic hydroxyl groups excluding tert-OH is 1. The zero-order valence-electron chi connectivity index (χ0n) is 11.5. The number of carboxylic acids is 1. The monoisotopic (exact) mass is 277 g/mol. The van der Waals surface area contributed by atoms with E-state index in [1.54, 1.807) is 0 Å². The molecular weight excluding hydrogens is 258 g/mol. The topological polar surface area (TPSA) is 89.8 Å². The highest BCUT2D eigenvalue weighted by Crippen LogP contribution is 2.03. The van der Waals surface area contributed by atoms with Crippen LogP contribution in [0.1, 0.15) is 19.4 Å². The minimum absolute atomic E-state index is 0.0608. The van der Waals surface area contributed by atoms with Gasteiger partial charge < -0.3 is 15.3 Å². The number of carboxylic acid groups (broad SMARTS) is 1. The summed E-state index contributed by atoms with van der Waals surface area (Å²) in [5, 5.41) is 30.9. The lowest BCUT2D eigenvalue weighted by Crippen LogP contribution is -2.50. The van der Waals surface area contributed by atoms with Crippen LogP contribution in [0.2, 0.25) is 0 Å². The van der Waals surface area contributed by atoms with Gasteiger partial charge >= 0.3 is 5.97 Å². The minimum atomic E-state index is -1.39. The van der Waals surface area contributed by atoms with E-state index in [9.17, 15) is 15.0 Å². The molecule has 0 aliphatic heterocycles. The summed E-state index contributed by atoms with van der Waals surface area (Å²) in [4.78, 5) is 10.9. The first kappa shape index (κ1) is 16.2. The third kappa shape index (κ3) is 5.41. The quantitative estimate of drug-likeness (QED) is 0.578. The third-order valence-electron chi connectivity index (χ3n) is 2.66. The zero-order valence-corrected chi connectivity index (χ0v) is 11.5. The van der Waals surface area contributed by atoms with Crippen molar-refractivity contribution in [1.82, 2.24) is 5.32 Å². The highest BCUT2D eigenvalue weighted by molar-refractivity contribution is 5.74. The van der Waals surface area contributed by atoms with Crippen molar-refractivity contribution in [2.24, 2.45) is 0 Å². The lowest BCUT2D eigenvalue weighted by molar-refractivity contribution is -0.142. The maximum atomic E-state index is 10.9. The Labute approximate surface area is 118 Å². The maximum Gasteiger partial charge on any atom is 0.323 e. The second-order valence-corrected chi connectivity index (χ2v) is 4.83. The van der Waals surface area contributed by atoms with Crippen molar-refractivity contribution in [2.45, 2.75) is 31.6 Å². The molecule has 108 valence electrons. The summed E-state index contributed by atoms with van der Waals surface area (Å²) in [7, 11) is 0. The Morgan fingerprint density at radius 1 is 1.40 bits per heavy atom. The number of benzene rings is 1. The standard InChI is InChI=1S/C15H19NO4/c1-11(17)13(14(18)19)16-10-15(2,20)9-8-12-6-4-3-5-7-12/h3-7,11,13,16-17,20H,10H2,1-2H3,(H,18,19)/t11-,13+,15-/m1/s1. The molecule has 0 spiro atoms. The number of aliphatic hydroxyl groups is 2. The Morgan fingerprint density at radius 3 is 2.50 bits per heavy atom. The molecule has 3 atom stereocenters. The highest BCUT2D eigenvalue weighted by atomic mass is 16.4. The van der Waals surface area contributed by atoms with Crippen molar-refractivity contribution < 1.29 is 20.1 Å². The number of carbonyl (C=O) groups is 1. The average molecular weight is 277 g/mol. The van der Waals surface area contributed by atoms with Crippen LogP contribution < -0.4 is 5.32 Å². The third-order valence-corrected chi connectivity index (χ3v) is 2.66. The van der Waals surface area contributed by atoms with Crippen LogP contribution >= 0.6 is 0 Å². The lowest BCUT2D eigenvalue weighted by Gasteiger charge is -2.22. The number of hydrogen-bond acceptors (Lipinski definition) is 4. The van der Waals surface area contributed by atoms with Gasteiger partial charge in [-0.3, -0.25) is 10.1 Å². The first-order chi connectivity index (χ1) is 9.32. The summed E-state index contributed by atoms with van der Waals surface area (Å²) >= 11 is 0. The fourth-order valence-corrected chi connectivity index (χ4v) is 1.55. The lowest BCUT2D eigenvalue weighted by atomic mass is 10.1.